The molecule has 3 nitrogen and oxygen atoms in total. The molecule has 0 saturated carbocycles. The van der Waals surface area contributed by atoms with Gasteiger partial charge in [0.15, 0.2) is 0 Å². The Balaban J connectivity index is 2.35. The molecular formula is C16H8Cl2F2N2O. The van der Waals surface area contributed by atoms with Gasteiger partial charge in [-0.15, -0.1) is 0 Å². The molecule has 0 atom stereocenters. The van der Waals surface area contributed by atoms with Gasteiger partial charge in [0.05, 0.1) is 15.7 Å². The average molecular weight is 353 g/mol. The quantitative estimate of drug-likeness (QED) is 0.636. The number of amides is 1. The summed E-state index contributed by atoms with van der Waals surface area (Å²) >= 11 is 11.7. The van der Waals surface area contributed by atoms with Crippen molar-refractivity contribution in [1.82, 2.24) is 0 Å². The largest absolute Gasteiger partial charge is 0.320 e. The van der Waals surface area contributed by atoms with Crippen molar-refractivity contribution in [1.29, 1.82) is 5.26 Å². The smallest absolute Gasteiger partial charge is 0.266 e. The number of nitrogens with one attached hydrogen (secondary N) is 1. The van der Waals surface area contributed by atoms with E-state index >= 15 is 0 Å². The van der Waals surface area contributed by atoms with Gasteiger partial charge >= 0.3 is 0 Å². The summed E-state index contributed by atoms with van der Waals surface area (Å²) in [5, 5.41) is 11.7. The summed E-state index contributed by atoms with van der Waals surface area (Å²) in [6.07, 6.45) is 0.832. The second-order valence-electron chi connectivity index (χ2n) is 4.36. The molecule has 0 heterocycles. The number of nitrogens with zero attached hydrogens (tertiary/aromatic N) is 1. The van der Waals surface area contributed by atoms with Crippen LogP contribution in [0.5, 0.6) is 0 Å². The predicted octanol–water partition coefficient (Wildman–Crippen LogP) is 4.82. The Kier molecular flexibility index (Phi) is 5.32. The first-order valence-corrected chi connectivity index (χ1v) is 7.00. The number of benzene rings is 2. The van der Waals surface area contributed by atoms with Crippen LogP contribution in [0.1, 0.15) is 5.56 Å². The van der Waals surface area contributed by atoms with Crippen LogP contribution in [-0.4, -0.2) is 5.91 Å². The van der Waals surface area contributed by atoms with Gasteiger partial charge in [0, 0.05) is 5.56 Å². The Bertz CT molecular complexity index is 824. The van der Waals surface area contributed by atoms with Gasteiger partial charge in [-0.2, -0.15) is 5.26 Å². The van der Waals surface area contributed by atoms with Crippen LogP contribution in [0.2, 0.25) is 10.0 Å². The number of hydrogen-bond donors (Lipinski definition) is 1. The van der Waals surface area contributed by atoms with E-state index in [9.17, 15) is 13.6 Å². The van der Waals surface area contributed by atoms with E-state index in [4.69, 9.17) is 28.5 Å². The predicted molar refractivity (Wildman–Crippen MR) is 85.0 cm³/mol. The molecular weight excluding hydrogens is 345 g/mol. The Morgan fingerprint density at radius 1 is 1.13 bits per heavy atom. The number of rotatable bonds is 3. The van der Waals surface area contributed by atoms with Crippen LogP contribution < -0.4 is 5.32 Å². The fourth-order valence-electron chi connectivity index (χ4n) is 1.73. The minimum atomic E-state index is -0.883. The molecule has 0 radical (unpaired) electrons. The standard InChI is InChI=1S/C16H8Cl2F2N2O/c17-11-3-1-6-14(15(11)18)22-16(23)9(8-21)7-10-12(19)4-2-5-13(10)20/h1-7H,(H,22,23)/b9-7+. The van der Waals surface area contributed by atoms with Crippen molar-refractivity contribution in [3.05, 3.63) is 69.2 Å². The van der Waals surface area contributed by atoms with Gasteiger partial charge in [-0.05, 0) is 30.3 Å². The van der Waals surface area contributed by atoms with Crippen LogP contribution >= 0.6 is 23.2 Å². The molecule has 0 fully saturated rings. The normalized spacial score (nSPS) is 11.0. The van der Waals surface area contributed by atoms with E-state index in [1.807, 2.05) is 0 Å². The highest BCUT2D eigenvalue weighted by Crippen LogP contribution is 2.29. The Morgan fingerprint density at radius 3 is 2.35 bits per heavy atom. The van der Waals surface area contributed by atoms with Gasteiger partial charge in [-0.3, -0.25) is 4.79 Å². The van der Waals surface area contributed by atoms with Crippen LogP contribution in [0.15, 0.2) is 42.0 Å². The van der Waals surface area contributed by atoms with Crippen molar-refractivity contribution in [2.45, 2.75) is 0 Å². The molecule has 0 aromatic heterocycles. The first-order chi connectivity index (χ1) is 10.9. The van der Waals surface area contributed by atoms with Gasteiger partial charge in [-0.1, -0.05) is 35.3 Å². The molecule has 116 valence electrons. The Morgan fingerprint density at radius 2 is 1.74 bits per heavy atom. The summed E-state index contributed by atoms with van der Waals surface area (Å²) < 4.78 is 27.2. The molecule has 0 aliphatic heterocycles. The number of nitriles is 1. The van der Waals surface area contributed by atoms with Crippen LogP contribution in [0.3, 0.4) is 0 Å². The Hall–Kier alpha value is -2.42. The highest BCUT2D eigenvalue weighted by atomic mass is 35.5. The summed E-state index contributed by atoms with van der Waals surface area (Å²) in [6.45, 7) is 0. The summed E-state index contributed by atoms with van der Waals surface area (Å²) in [6, 6.07) is 9.38. The summed E-state index contributed by atoms with van der Waals surface area (Å²) in [5.74, 6) is -2.63. The van der Waals surface area contributed by atoms with Crippen molar-refractivity contribution in [3.63, 3.8) is 0 Å². The molecule has 7 heteroatoms. The molecule has 0 aliphatic carbocycles. The van der Waals surface area contributed by atoms with Crippen molar-refractivity contribution in [2.24, 2.45) is 0 Å². The zero-order valence-corrected chi connectivity index (χ0v) is 12.9. The summed E-state index contributed by atoms with van der Waals surface area (Å²) in [5.41, 5.74) is -0.777. The van der Waals surface area contributed by atoms with E-state index < -0.39 is 28.7 Å². The highest BCUT2D eigenvalue weighted by molar-refractivity contribution is 6.44. The lowest BCUT2D eigenvalue weighted by atomic mass is 10.1. The van der Waals surface area contributed by atoms with Gasteiger partial charge in [0.1, 0.15) is 23.3 Å². The monoisotopic (exact) mass is 352 g/mol. The first-order valence-electron chi connectivity index (χ1n) is 6.25. The van der Waals surface area contributed by atoms with Crippen molar-refractivity contribution < 1.29 is 13.6 Å². The number of carbonyl (C=O) groups excluding carboxylic acids is 1. The molecule has 0 saturated heterocycles. The minimum Gasteiger partial charge on any atom is -0.320 e. The van der Waals surface area contributed by atoms with Gasteiger partial charge in [0.25, 0.3) is 5.91 Å². The average Bonchev–Trinajstić information content (AvgIpc) is 2.51. The van der Waals surface area contributed by atoms with E-state index in [0.717, 1.165) is 18.2 Å². The molecule has 0 aliphatic rings. The number of halogens is 4. The maximum Gasteiger partial charge on any atom is 0.266 e. The molecule has 23 heavy (non-hydrogen) atoms. The fraction of sp³-hybridized carbons (Fsp3) is 0. The van der Waals surface area contributed by atoms with Crippen molar-refractivity contribution in [3.8, 4) is 6.07 Å². The van der Waals surface area contributed by atoms with Gasteiger partial charge < -0.3 is 5.32 Å². The third kappa shape index (κ3) is 3.86. The van der Waals surface area contributed by atoms with E-state index in [2.05, 4.69) is 5.32 Å². The lowest BCUT2D eigenvalue weighted by Gasteiger charge is -2.07. The molecule has 2 aromatic carbocycles. The molecule has 1 amide bonds. The van der Waals surface area contributed by atoms with Gasteiger partial charge in [-0.25, -0.2) is 8.78 Å². The zero-order chi connectivity index (χ0) is 17.0. The third-order valence-corrected chi connectivity index (χ3v) is 3.67. The van der Waals surface area contributed by atoms with Crippen LogP contribution in [0.4, 0.5) is 14.5 Å². The fourth-order valence-corrected chi connectivity index (χ4v) is 2.08. The Labute approximate surface area is 140 Å². The van der Waals surface area contributed by atoms with E-state index in [1.54, 1.807) is 12.1 Å². The molecule has 2 aromatic rings. The van der Waals surface area contributed by atoms with E-state index in [-0.39, 0.29) is 15.7 Å². The van der Waals surface area contributed by atoms with Crippen molar-refractivity contribution in [2.75, 3.05) is 5.32 Å². The third-order valence-electron chi connectivity index (χ3n) is 2.85. The topological polar surface area (TPSA) is 52.9 Å². The lowest BCUT2D eigenvalue weighted by molar-refractivity contribution is -0.112. The highest BCUT2D eigenvalue weighted by Gasteiger charge is 2.15. The number of carbonyl (C=O) groups is 1. The number of anilines is 1. The minimum absolute atomic E-state index is 0.0943. The lowest BCUT2D eigenvalue weighted by Crippen LogP contribution is -2.14. The molecule has 0 spiro atoms. The van der Waals surface area contributed by atoms with Crippen LogP contribution in [0.25, 0.3) is 6.08 Å². The maximum atomic E-state index is 13.6. The van der Waals surface area contributed by atoms with Crippen LogP contribution in [-0.2, 0) is 4.79 Å². The molecule has 1 N–H and O–H groups in total. The van der Waals surface area contributed by atoms with E-state index in [0.29, 0.717) is 0 Å². The maximum absolute atomic E-state index is 13.6. The molecule has 2 rings (SSSR count). The van der Waals surface area contributed by atoms with Crippen LogP contribution in [0, 0.1) is 23.0 Å². The second-order valence-corrected chi connectivity index (χ2v) is 5.15. The molecule has 0 unspecified atom stereocenters. The SMILES string of the molecule is N#C/C(=C\c1c(F)cccc1F)C(=O)Nc1cccc(Cl)c1Cl. The van der Waals surface area contributed by atoms with Gasteiger partial charge in [0.2, 0.25) is 0 Å². The number of hydrogen-bond acceptors (Lipinski definition) is 2. The van der Waals surface area contributed by atoms with E-state index in [1.165, 1.54) is 18.2 Å². The zero-order valence-electron chi connectivity index (χ0n) is 11.4. The first kappa shape index (κ1) is 16.9. The van der Waals surface area contributed by atoms with Crippen molar-refractivity contribution >= 4 is 40.9 Å². The summed E-state index contributed by atoms with van der Waals surface area (Å²) in [7, 11) is 0. The second kappa shape index (κ2) is 7.23. The molecule has 0 bridgehead atoms. The summed E-state index contributed by atoms with van der Waals surface area (Å²) in [4.78, 5) is 12.1.